The summed E-state index contributed by atoms with van der Waals surface area (Å²) in [5.74, 6) is 1.04. The van der Waals surface area contributed by atoms with Gasteiger partial charge in [-0.05, 0) is 31.8 Å². The van der Waals surface area contributed by atoms with Crippen LogP contribution in [0.25, 0.3) is 0 Å². The highest BCUT2D eigenvalue weighted by molar-refractivity contribution is 5.85. The molecule has 0 spiro atoms. The second kappa shape index (κ2) is 7.07. The van der Waals surface area contributed by atoms with E-state index in [2.05, 4.69) is 24.5 Å². The number of carbonyl (C=O) groups excluding carboxylic acids is 1. The molecule has 0 saturated carbocycles. The Morgan fingerprint density at radius 2 is 2.00 bits per heavy atom. The Morgan fingerprint density at radius 1 is 1.43 bits per heavy atom. The molecule has 0 aromatic rings. The molecule has 0 radical (unpaired) electrons. The number of carbonyl (C=O) groups is 1. The average Bonchev–Trinajstić information content (AvgIpc) is 2.15. The van der Waals surface area contributed by atoms with Crippen LogP contribution < -0.4 is 10.6 Å². The maximum Gasteiger partial charge on any atom is 0.223 e. The van der Waals surface area contributed by atoms with Crippen molar-refractivity contribution in [1.29, 1.82) is 0 Å². The summed E-state index contributed by atoms with van der Waals surface area (Å²) in [4.78, 5) is 11.6. The topological polar surface area (TPSA) is 41.1 Å². The van der Waals surface area contributed by atoms with Crippen molar-refractivity contribution < 1.29 is 4.79 Å². The first-order valence-corrected chi connectivity index (χ1v) is 5.18. The zero-order chi connectivity index (χ0) is 9.68. The smallest absolute Gasteiger partial charge is 0.223 e. The Morgan fingerprint density at radius 3 is 2.50 bits per heavy atom. The van der Waals surface area contributed by atoms with Gasteiger partial charge >= 0.3 is 0 Å². The number of rotatable bonds is 3. The molecule has 0 bridgehead atoms. The van der Waals surface area contributed by atoms with E-state index in [1.165, 1.54) is 0 Å². The Bertz CT molecular complexity index is 168. The number of piperidine rings is 1. The second-order valence-electron chi connectivity index (χ2n) is 4.16. The molecule has 1 rings (SSSR count). The van der Waals surface area contributed by atoms with Crippen LogP contribution in [0.2, 0.25) is 0 Å². The summed E-state index contributed by atoms with van der Waals surface area (Å²) in [5.41, 5.74) is 0. The normalized spacial score (nSPS) is 17.6. The zero-order valence-electron chi connectivity index (χ0n) is 9.01. The third kappa shape index (κ3) is 4.82. The van der Waals surface area contributed by atoms with Crippen LogP contribution in [-0.4, -0.2) is 25.5 Å². The standard InChI is InChI=1S/C10H20N2O.ClH/c1-8(2)7-12-10(13)9-3-5-11-6-4-9;/h8-9,11H,3-7H2,1-2H3,(H,12,13);1H. The molecule has 1 fully saturated rings. The van der Waals surface area contributed by atoms with E-state index in [1.54, 1.807) is 0 Å². The fourth-order valence-electron chi connectivity index (χ4n) is 1.53. The first-order valence-electron chi connectivity index (χ1n) is 5.18. The maximum absolute atomic E-state index is 11.6. The molecule has 1 aliphatic heterocycles. The largest absolute Gasteiger partial charge is 0.356 e. The quantitative estimate of drug-likeness (QED) is 0.750. The first kappa shape index (κ1) is 13.7. The molecule has 1 heterocycles. The molecule has 0 aliphatic carbocycles. The van der Waals surface area contributed by atoms with E-state index in [9.17, 15) is 4.79 Å². The maximum atomic E-state index is 11.6. The van der Waals surface area contributed by atoms with E-state index in [0.717, 1.165) is 32.5 Å². The lowest BCUT2D eigenvalue weighted by atomic mass is 9.97. The van der Waals surface area contributed by atoms with Gasteiger partial charge in [0, 0.05) is 12.5 Å². The number of halogens is 1. The van der Waals surface area contributed by atoms with Crippen LogP contribution in [0, 0.1) is 11.8 Å². The van der Waals surface area contributed by atoms with Crippen molar-refractivity contribution in [2.24, 2.45) is 11.8 Å². The SMILES string of the molecule is CC(C)CNC(=O)C1CCNCC1.Cl. The molecule has 3 nitrogen and oxygen atoms in total. The van der Waals surface area contributed by atoms with Gasteiger partial charge in [-0.25, -0.2) is 0 Å². The summed E-state index contributed by atoms with van der Waals surface area (Å²) in [6.45, 7) is 7.01. The lowest BCUT2D eigenvalue weighted by Gasteiger charge is -2.22. The van der Waals surface area contributed by atoms with Crippen molar-refractivity contribution in [1.82, 2.24) is 10.6 Å². The fourth-order valence-corrected chi connectivity index (χ4v) is 1.53. The number of hydrogen-bond acceptors (Lipinski definition) is 2. The predicted molar refractivity (Wildman–Crippen MR) is 60.7 cm³/mol. The van der Waals surface area contributed by atoms with Crippen LogP contribution in [0.4, 0.5) is 0 Å². The Balaban J connectivity index is 0.00000169. The third-order valence-corrected chi connectivity index (χ3v) is 2.39. The highest BCUT2D eigenvalue weighted by Crippen LogP contribution is 2.11. The predicted octanol–water partition coefficient (Wildman–Crippen LogP) is 1.18. The molecule has 14 heavy (non-hydrogen) atoms. The highest BCUT2D eigenvalue weighted by Gasteiger charge is 2.20. The number of nitrogens with one attached hydrogen (secondary N) is 2. The molecule has 4 heteroatoms. The molecule has 0 atom stereocenters. The molecule has 0 aromatic carbocycles. The van der Waals surface area contributed by atoms with Gasteiger partial charge in [-0.1, -0.05) is 13.8 Å². The molecule has 1 saturated heterocycles. The average molecular weight is 221 g/mol. The summed E-state index contributed by atoms with van der Waals surface area (Å²) in [6.07, 6.45) is 1.98. The van der Waals surface area contributed by atoms with E-state index in [4.69, 9.17) is 0 Å². The Labute approximate surface area is 92.4 Å². The lowest BCUT2D eigenvalue weighted by Crippen LogP contribution is -2.39. The van der Waals surface area contributed by atoms with Gasteiger partial charge in [-0.15, -0.1) is 12.4 Å². The van der Waals surface area contributed by atoms with Crippen molar-refractivity contribution in [2.45, 2.75) is 26.7 Å². The zero-order valence-corrected chi connectivity index (χ0v) is 9.82. The fraction of sp³-hybridized carbons (Fsp3) is 0.900. The molecule has 1 amide bonds. The van der Waals surface area contributed by atoms with Crippen molar-refractivity contribution >= 4 is 18.3 Å². The third-order valence-electron chi connectivity index (χ3n) is 2.39. The van der Waals surface area contributed by atoms with E-state index < -0.39 is 0 Å². The molecular weight excluding hydrogens is 200 g/mol. The van der Waals surface area contributed by atoms with Gasteiger partial charge in [0.15, 0.2) is 0 Å². The summed E-state index contributed by atoms with van der Waals surface area (Å²) in [7, 11) is 0. The Kier molecular flexibility index (Phi) is 6.93. The summed E-state index contributed by atoms with van der Waals surface area (Å²) in [6, 6.07) is 0. The van der Waals surface area contributed by atoms with Crippen LogP contribution in [-0.2, 0) is 4.79 Å². The number of amides is 1. The minimum absolute atomic E-state index is 0. The molecular formula is C10H21ClN2O. The minimum atomic E-state index is 0. The molecule has 0 unspecified atom stereocenters. The van der Waals surface area contributed by atoms with Gasteiger partial charge in [-0.3, -0.25) is 4.79 Å². The van der Waals surface area contributed by atoms with E-state index in [-0.39, 0.29) is 24.2 Å². The molecule has 0 aromatic heterocycles. The molecule has 1 aliphatic rings. The van der Waals surface area contributed by atoms with Crippen LogP contribution in [0.5, 0.6) is 0 Å². The number of hydrogen-bond donors (Lipinski definition) is 2. The van der Waals surface area contributed by atoms with Crippen molar-refractivity contribution in [3.05, 3.63) is 0 Å². The van der Waals surface area contributed by atoms with Crippen molar-refractivity contribution in [3.63, 3.8) is 0 Å². The summed E-state index contributed by atoms with van der Waals surface area (Å²) < 4.78 is 0. The Hall–Kier alpha value is -0.280. The first-order chi connectivity index (χ1) is 6.20. The van der Waals surface area contributed by atoms with Gasteiger partial charge in [0.05, 0.1) is 0 Å². The van der Waals surface area contributed by atoms with Gasteiger partial charge in [0.2, 0.25) is 5.91 Å². The van der Waals surface area contributed by atoms with Gasteiger partial charge < -0.3 is 10.6 Å². The van der Waals surface area contributed by atoms with Gasteiger partial charge in [-0.2, -0.15) is 0 Å². The minimum Gasteiger partial charge on any atom is -0.356 e. The van der Waals surface area contributed by atoms with E-state index in [0.29, 0.717) is 5.92 Å². The summed E-state index contributed by atoms with van der Waals surface area (Å²) in [5, 5.41) is 6.24. The lowest BCUT2D eigenvalue weighted by molar-refractivity contribution is -0.125. The highest BCUT2D eigenvalue weighted by atomic mass is 35.5. The monoisotopic (exact) mass is 220 g/mol. The van der Waals surface area contributed by atoms with E-state index >= 15 is 0 Å². The van der Waals surface area contributed by atoms with Crippen LogP contribution in [0.3, 0.4) is 0 Å². The van der Waals surface area contributed by atoms with Gasteiger partial charge in [0.1, 0.15) is 0 Å². The van der Waals surface area contributed by atoms with Gasteiger partial charge in [0.25, 0.3) is 0 Å². The van der Waals surface area contributed by atoms with Crippen LogP contribution in [0.1, 0.15) is 26.7 Å². The summed E-state index contributed by atoms with van der Waals surface area (Å²) >= 11 is 0. The van der Waals surface area contributed by atoms with E-state index in [1.807, 2.05) is 0 Å². The molecule has 84 valence electrons. The van der Waals surface area contributed by atoms with Crippen LogP contribution >= 0.6 is 12.4 Å². The van der Waals surface area contributed by atoms with Crippen LogP contribution in [0.15, 0.2) is 0 Å². The molecule has 2 N–H and O–H groups in total. The second-order valence-corrected chi connectivity index (χ2v) is 4.16. The van der Waals surface area contributed by atoms with Crippen molar-refractivity contribution in [3.8, 4) is 0 Å². The van der Waals surface area contributed by atoms with Crippen molar-refractivity contribution in [2.75, 3.05) is 19.6 Å².